The minimum Gasteiger partial charge on any atom is -0.462 e. The van der Waals surface area contributed by atoms with Crippen LogP contribution in [0, 0.1) is 56.7 Å². The van der Waals surface area contributed by atoms with E-state index in [1.54, 1.807) is 11.6 Å². The van der Waals surface area contributed by atoms with E-state index in [1.807, 2.05) is 4.90 Å². The van der Waals surface area contributed by atoms with Crippen molar-refractivity contribution in [3.05, 3.63) is 41.5 Å². The first-order valence-electron chi connectivity index (χ1n) is 20.6. The number of amides is 1. The third-order valence-electron chi connectivity index (χ3n) is 17.0. The van der Waals surface area contributed by atoms with Gasteiger partial charge in [-0.3, -0.25) is 9.59 Å². The monoisotopic (exact) mass is 769 g/mol. The zero-order chi connectivity index (χ0) is 39.2. The normalized spacial score (nSPS) is 40.2. The highest BCUT2D eigenvalue weighted by Gasteiger charge is 2.70. The van der Waals surface area contributed by atoms with Gasteiger partial charge in [0.25, 0.3) is 0 Å². The number of esters is 1. The first kappa shape index (κ1) is 39.6. The first-order chi connectivity index (χ1) is 25.2. The molecule has 10 heteroatoms. The SMILES string of the molecule is CC(=O)O[C@H]1CC[C@]2(C)[C@H]3CC=C4[C@@H]5[C@@H](C)[C@H](C)CC[C@]5(C(=O)N5CCN(C(=S)Nc6cccc(C(F)(F)F)c6)CC5)CC[C@@]4(C)[C@]3(C)CC[C@H]2C1(C)C. The number of hydrogen-bond acceptors (Lipinski definition) is 4. The van der Waals surface area contributed by atoms with Crippen LogP contribution in [0.2, 0.25) is 0 Å². The van der Waals surface area contributed by atoms with Crippen LogP contribution in [-0.2, 0) is 20.5 Å². The summed E-state index contributed by atoms with van der Waals surface area (Å²) in [5.74, 6) is 2.24. The van der Waals surface area contributed by atoms with Crippen molar-refractivity contribution in [2.75, 3.05) is 31.5 Å². The number of allylic oxidation sites excluding steroid dienone is 2. The molecule has 5 aliphatic carbocycles. The quantitative estimate of drug-likeness (QED) is 0.188. The van der Waals surface area contributed by atoms with Crippen LogP contribution < -0.4 is 5.32 Å². The topological polar surface area (TPSA) is 61.9 Å². The molecule has 1 aromatic carbocycles. The second-order valence-corrected chi connectivity index (χ2v) is 19.9. The number of thiocarbonyl (C=S) groups is 1. The van der Waals surface area contributed by atoms with Gasteiger partial charge < -0.3 is 19.9 Å². The van der Waals surface area contributed by atoms with Gasteiger partial charge in [-0.15, -0.1) is 0 Å². The van der Waals surface area contributed by atoms with Crippen molar-refractivity contribution in [1.29, 1.82) is 0 Å². The minimum atomic E-state index is -4.43. The molecule has 0 radical (unpaired) electrons. The van der Waals surface area contributed by atoms with Crippen LogP contribution in [0.15, 0.2) is 35.9 Å². The van der Waals surface area contributed by atoms with Gasteiger partial charge >= 0.3 is 12.1 Å². The van der Waals surface area contributed by atoms with Crippen LogP contribution in [0.1, 0.15) is 119 Å². The summed E-state index contributed by atoms with van der Waals surface area (Å²) >= 11 is 5.66. The third-order valence-corrected chi connectivity index (χ3v) is 17.3. The summed E-state index contributed by atoms with van der Waals surface area (Å²) in [6, 6.07) is 5.11. The molecule has 1 aliphatic heterocycles. The van der Waals surface area contributed by atoms with Crippen LogP contribution in [0.25, 0.3) is 0 Å². The maximum atomic E-state index is 15.1. The second-order valence-electron chi connectivity index (χ2n) is 19.5. The number of fused-ring (bicyclic) bond motifs is 7. The van der Waals surface area contributed by atoms with Gasteiger partial charge in [0.1, 0.15) is 6.10 Å². The molecule has 5 fully saturated rings. The van der Waals surface area contributed by atoms with E-state index in [-0.39, 0.29) is 39.7 Å². The maximum absolute atomic E-state index is 15.1. The Morgan fingerprint density at radius 2 is 1.57 bits per heavy atom. The Hall–Kier alpha value is -2.62. The lowest BCUT2D eigenvalue weighted by Gasteiger charge is -2.71. The lowest BCUT2D eigenvalue weighted by molar-refractivity contribution is -0.213. The third kappa shape index (κ3) is 6.04. The summed E-state index contributed by atoms with van der Waals surface area (Å²) in [5.41, 5.74) is 0.883. The van der Waals surface area contributed by atoms with Crippen LogP contribution in [0.3, 0.4) is 0 Å². The molecule has 1 saturated heterocycles. The van der Waals surface area contributed by atoms with E-state index < -0.39 is 17.2 Å². The molecule has 1 heterocycles. The molecule has 1 aromatic rings. The zero-order valence-corrected chi connectivity index (χ0v) is 34.5. The fraction of sp³-hybridized carbons (Fsp3) is 0.750. The molecular weight excluding hydrogens is 708 g/mol. The van der Waals surface area contributed by atoms with Crippen LogP contribution in [0.5, 0.6) is 0 Å². The van der Waals surface area contributed by atoms with Crippen molar-refractivity contribution in [2.45, 2.75) is 125 Å². The first-order valence-corrected chi connectivity index (χ1v) is 21.0. The van der Waals surface area contributed by atoms with Gasteiger partial charge in [-0.05, 0) is 134 Å². The molecule has 1 N–H and O–H groups in total. The molecule has 54 heavy (non-hydrogen) atoms. The molecular formula is C44H62F3N3O3S. The van der Waals surface area contributed by atoms with E-state index >= 15 is 4.79 Å². The van der Waals surface area contributed by atoms with Crippen molar-refractivity contribution in [3.63, 3.8) is 0 Å². The van der Waals surface area contributed by atoms with E-state index in [0.717, 1.165) is 69.9 Å². The fourth-order valence-corrected chi connectivity index (χ4v) is 13.9. The van der Waals surface area contributed by atoms with Gasteiger partial charge in [0.2, 0.25) is 5.91 Å². The number of ether oxygens (including phenoxy) is 1. The second kappa shape index (κ2) is 13.5. The predicted molar refractivity (Wildman–Crippen MR) is 210 cm³/mol. The Balaban J connectivity index is 1.12. The molecule has 7 rings (SSSR count). The predicted octanol–water partition coefficient (Wildman–Crippen LogP) is 10.1. The van der Waals surface area contributed by atoms with Crippen LogP contribution in [0.4, 0.5) is 18.9 Å². The lowest BCUT2D eigenvalue weighted by atomic mass is 9.33. The van der Waals surface area contributed by atoms with Gasteiger partial charge in [0, 0.05) is 44.2 Å². The van der Waals surface area contributed by atoms with Crippen molar-refractivity contribution in [3.8, 4) is 0 Å². The van der Waals surface area contributed by atoms with Gasteiger partial charge in [0.15, 0.2) is 5.11 Å². The number of nitrogens with zero attached hydrogens (tertiary/aromatic N) is 2. The number of piperazine rings is 1. The van der Waals surface area contributed by atoms with E-state index in [9.17, 15) is 18.0 Å². The van der Waals surface area contributed by atoms with Gasteiger partial charge in [-0.1, -0.05) is 66.2 Å². The average molecular weight is 770 g/mol. The Morgan fingerprint density at radius 1 is 0.889 bits per heavy atom. The molecule has 0 spiro atoms. The number of nitrogens with one attached hydrogen (secondary N) is 1. The smallest absolute Gasteiger partial charge is 0.416 e. The molecule has 298 valence electrons. The maximum Gasteiger partial charge on any atom is 0.416 e. The number of anilines is 1. The van der Waals surface area contributed by atoms with Crippen molar-refractivity contribution in [2.24, 2.45) is 56.7 Å². The van der Waals surface area contributed by atoms with Crippen LogP contribution in [-0.4, -0.2) is 59.1 Å². The standard InChI is InChI=1S/C44H62F3N3O3S/c1-27-14-19-43(37(52)49-22-24-50(25-23-49)38(54)48-31-11-9-10-30(26-31)44(45,46)47)21-20-41(7)32(36(43)28(27)2)12-13-34-40(6)17-16-35(53-29(3)51)39(4,5)33(40)15-18-42(34,41)8/h9-12,26-28,33-36H,13-25H2,1-8H3,(H,48,54)/t27-,28+,33+,34-,35+,36+,40+,41-,42-,43+/m1/s1. The van der Waals surface area contributed by atoms with Crippen LogP contribution >= 0.6 is 12.2 Å². The van der Waals surface area contributed by atoms with Crippen molar-refractivity contribution >= 4 is 34.9 Å². The van der Waals surface area contributed by atoms with E-state index in [4.69, 9.17) is 17.0 Å². The summed E-state index contributed by atoms with van der Waals surface area (Å²) in [6.07, 6.45) is 7.34. The molecule has 0 aromatic heterocycles. The van der Waals surface area contributed by atoms with Crippen molar-refractivity contribution in [1.82, 2.24) is 9.80 Å². The summed E-state index contributed by atoms with van der Waals surface area (Å²) in [6.45, 7) is 20.9. The fourth-order valence-electron chi connectivity index (χ4n) is 13.6. The molecule has 6 aliphatic rings. The Bertz CT molecular complexity index is 1700. The number of carbonyl (C=O) groups is 2. The molecule has 1 amide bonds. The number of benzene rings is 1. The Kier molecular flexibility index (Phi) is 9.90. The zero-order valence-electron chi connectivity index (χ0n) is 33.7. The molecule has 10 atom stereocenters. The number of alkyl halides is 3. The molecule has 0 bridgehead atoms. The number of halogens is 3. The number of rotatable bonds is 3. The van der Waals surface area contributed by atoms with Gasteiger partial charge in [-0.2, -0.15) is 13.2 Å². The lowest BCUT2D eigenvalue weighted by Crippen LogP contribution is -2.66. The molecule has 4 saturated carbocycles. The minimum absolute atomic E-state index is 0.000508. The van der Waals surface area contributed by atoms with Crippen molar-refractivity contribution < 1.29 is 27.5 Å². The number of carbonyl (C=O) groups excluding carboxylic acids is 2. The summed E-state index contributed by atoms with van der Waals surface area (Å²) in [4.78, 5) is 31.3. The van der Waals surface area contributed by atoms with E-state index in [1.165, 1.54) is 13.0 Å². The molecule has 0 unspecified atom stereocenters. The summed E-state index contributed by atoms with van der Waals surface area (Å²) in [7, 11) is 0. The highest BCUT2D eigenvalue weighted by molar-refractivity contribution is 7.80. The average Bonchev–Trinajstić information content (AvgIpc) is 3.11. The van der Waals surface area contributed by atoms with Gasteiger partial charge in [-0.25, -0.2) is 0 Å². The molecule has 6 nitrogen and oxygen atoms in total. The Morgan fingerprint density at radius 3 is 2.24 bits per heavy atom. The summed E-state index contributed by atoms with van der Waals surface area (Å²) in [5, 5.41) is 3.39. The number of hydrogen-bond donors (Lipinski definition) is 1. The van der Waals surface area contributed by atoms with E-state index in [2.05, 4.69) is 64.8 Å². The summed E-state index contributed by atoms with van der Waals surface area (Å²) < 4.78 is 45.9. The van der Waals surface area contributed by atoms with Gasteiger partial charge in [0.05, 0.1) is 11.0 Å². The largest absolute Gasteiger partial charge is 0.462 e. The Labute approximate surface area is 326 Å². The highest BCUT2D eigenvalue weighted by atomic mass is 32.1. The van der Waals surface area contributed by atoms with E-state index in [0.29, 0.717) is 66.6 Å². The highest BCUT2D eigenvalue weighted by Crippen LogP contribution is 2.76.